The first-order valence-corrected chi connectivity index (χ1v) is 8.33. The molecule has 1 aliphatic rings. The van der Waals surface area contributed by atoms with E-state index in [2.05, 4.69) is 4.74 Å². The highest BCUT2D eigenvalue weighted by atomic mass is 127. The van der Waals surface area contributed by atoms with Gasteiger partial charge in [0.1, 0.15) is 11.7 Å². The van der Waals surface area contributed by atoms with Gasteiger partial charge in [-0.25, -0.2) is 0 Å². The van der Waals surface area contributed by atoms with Crippen molar-refractivity contribution >= 4 is 28.6 Å². The lowest BCUT2D eigenvalue weighted by Crippen LogP contribution is -2.49. The minimum Gasteiger partial charge on any atom is -0.481 e. The first-order valence-electron chi connectivity index (χ1n) is 7.08. The van der Waals surface area contributed by atoms with Crippen molar-refractivity contribution in [2.24, 2.45) is 0 Å². The second-order valence-corrected chi connectivity index (χ2v) is 7.10. The van der Waals surface area contributed by atoms with Crippen LogP contribution in [0.25, 0.3) is 0 Å². The van der Waals surface area contributed by atoms with Gasteiger partial charge in [0.25, 0.3) is 0 Å². The summed E-state index contributed by atoms with van der Waals surface area (Å²) in [6.07, 6.45) is -2.33. The zero-order valence-electron chi connectivity index (χ0n) is 12.0. The van der Waals surface area contributed by atoms with Gasteiger partial charge in [-0.3, -0.25) is 4.79 Å². The summed E-state index contributed by atoms with van der Waals surface area (Å²) in [4.78, 5) is 11.7. The van der Waals surface area contributed by atoms with Crippen LogP contribution in [0, 0.1) is 0 Å². The third-order valence-corrected chi connectivity index (χ3v) is 5.70. The number of ether oxygens (including phenoxy) is 1. The number of benzene rings is 1. The van der Waals surface area contributed by atoms with Crippen molar-refractivity contribution in [2.45, 2.75) is 47.5 Å². The highest BCUT2D eigenvalue weighted by Gasteiger charge is 2.48. The van der Waals surface area contributed by atoms with E-state index in [1.165, 1.54) is 12.1 Å². The molecule has 23 heavy (non-hydrogen) atoms. The molecule has 0 bridgehead atoms. The van der Waals surface area contributed by atoms with E-state index in [0.29, 0.717) is 19.3 Å². The van der Waals surface area contributed by atoms with Crippen molar-refractivity contribution in [3.05, 3.63) is 29.8 Å². The third kappa shape index (κ3) is 4.28. The maximum Gasteiger partial charge on any atom is 0.573 e. The Labute approximate surface area is 144 Å². The number of carboxylic acid groups (broad SMARTS) is 1. The fraction of sp³-hybridized carbons (Fsp3) is 0.533. The van der Waals surface area contributed by atoms with E-state index >= 15 is 0 Å². The highest BCUT2D eigenvalue weighted by Crippen LogP contribution is 2.44. The molecule has 2 rings (SSSR count). The predicted molar refractivity (Wildman–Crippen MR) is 84.7 cm³/mol. The molecular weight excluding hydrogens is 428 g/mol. The van der Waals surface area contributed by atoms with Crippen LogP contribution in [0.5, 0.6) is 5.75 Å². The summed E-state index contributed by atoms with van der Waals surface area (Å²) in [5.41, 5.74) is -1.40. The van der Waals surface area contributed by atoms with Gasteiger partial charge in [-0.15, -0.1) is 13.2 Å². The molecule has 1 aliphatic carbocycles. The highest BCUT2D eigenvalue weighted by molar-refractivity contribution is 14.1. The normalized spacial score (nSPS) is 26.6. The summed E-state index contributed by atoms with van der Waals surface area (Å²) in [5, 5.41) is 20.5. The van der Waals surface area contributed by atoms with Crippen LogP contribution in [0.4, 0.5) is 13.2 Å². The second-order valence-electron chi connectivity index (χ2n) is 5.60. The summed E-state index contributed by atoms with van der Waals surface area (Å²) in [7, 11) is 0. The number of alkyl halides is 4. The molecule has 0 heterocycles. The molecule has 2 N–H and O–H groups in total. The fourth-order valence-corrected chi connectivity index (χ4v) is 4.11. The average molecular weight is 444 g/mol. The van der Waals surface area contributed by atoms with Crippen LogP contribution in [0.15, 0.2) is 24.3 Å². The Kier molecular flexibility index (Phi) is 5.44. The van der Waals surface area contributed by atoms with E-state index in [0.717, 1.165) is 18.6 Å². The van der Waals surface area contributed by atoms with E-state index in [1.54, 1.807) is 0 Å². The second kappa shape index (κ2) is 6.84. The molecule has 0 aliphatic heterocycles. The molecule has 3 atom stereocenters. The summed E-state index contributed by atoms with van der Waals surface area (Å²) < 4.78 is 40.6. The van der Waals surface area contributed by atoms with Crippen LogP contribution in [-0.4, -0.2) is 32.1 Å². The molecule has 0 amide bonds. The molecule has 0 spiro atoms. The number of hydrogen-bond acceptors (Lipinski definition) is 3. The number of carbonyl (C=O) groups is 1. The van der Waals surface area contributed by atoms with Crippen molar-refractivity contribution in [3.8, 4) is 5.75 Å². The molecule has 4 nitrogen and oxygen atoms in total. The molecule has 0 radical (unpaired) electrons. The standard InChI is InChI=1S/C15H16F3IO4/c16-15(17,18)23-10-5-3-4-9(8-10)12(13(20)21)14(22)7-2-1-6-11(14)19/h3-5,8,11-12,22H,1-2,6-7H2,(H,20,21)/t11?,12-,14?/m0/s1. The number of carboxylic acids is 1. The van der Waals surface area contributed by atoms with Crippen LogP contribution in [0.3, 0.4) is 0 Å². The zero-order valence-corrected chi connectivity index (χ0v) is 14.2. The van der Waals surface area contributed by atoms with Crippen LogP contribution in [0.2, 0.25) is 0 Å². The molecule has 2 unspecified atom stereocenters. The van der Waals surface area contributed by atoms with Crippen LogP contribution >= 0.6 is 22.6 Å². The lowest BCUT2D eigenvalue weighted by molar-refractivity contribution is -0.274. The summed E-state index contributed by atoms with van der Waals surface area (Å²) in [6, 6.07) is 4.82. The van der Waals surface area contributed by atoms with Gasteiger partial charge in [0.15, 0.2) is 0 Å². The number of halogens is 4. The Bertz CT molecular complexity index is 578. The average Bonchev–Trinajstić information content (AvgIpc) is 2.40. The van der Waals surface area contributed by atoms with Crippen molar-refractivity contribution in [2.75, 3.05) is 0 Å². The van der Waals surface area contributed by atoms with Gasteiger partial charge in [-0.05, 0) is 30.5 Å². The molecule has 8 heteroatoms. The minimum absolute atomic E-state index is 0.102. The summed E-state index contributed by atoms with van der Waals surface area (Å²) >= 11 is 2.02. The quantitative estimate of drug-likeness (QED) is 0.547. The minimum atomic E-state index is -4.86. The number of aliphatic hydroxyl groups is 1. The summed E-state index contributed by atoms with van der Waals surface area (Å²) in [5.74, 6) is -3.06. The zero-order chi connectivity index (χ0) is 17.3. The fourth-order valence-electron chi connectivity index (χ4n) is 3.00. The smallest absolute Gasteiger partial charge is 0.481 e. The number of aliphatic carboxylic acids is 1. The van der Waals surface area contributed by atoms with Gasteiger partial charge in [-0.1, -0.05) is 47.6 Å². The topological polar surface area (TPSA) is 66.8 Å². The predicted octanol–water partition coefficient (Wildman–Crippen LogP) is 3.86. The Morgan fingerprint density at radius 1 is 1.39 bits per heavy atom. The molecule has 1 aromatic rings. The Morgan fingerprint density at radius 3 is 2.65 bits per heavy atom. The molecule has 1 aromatic carbocycles. The van der Waals surface area contributed by atoms with Crippen molar-refractivity contribution in [3.63, 3.8) is 0 Å². The van der Waals surface area contributed by atoms with Gasteiger partial charge in [0, 0.05) is 3.92 Å². The summed E-state index contributed by atoms with van der Waals surface area (Å²) in [6.45, 7) is 0. The SMILES string of the molecule is O=C(O)[C@H](c1cccc(OC(F)(F)F)c1)C1(O)CCCCC1I. The van der Waals surface area contributed by atoms with Crippen LogP contribution < -0.4 is 4.74 Å². The van der Waals surface area contributed by atoms with Gasteiger partial charge >= 0.3 is 12.3 Å². The first-order chi connectivity index (χ1) is 10.6. The number of rotatable bonds is 4. The van der Waals surface area contributed by atoms with Crippen LogP contribution in [0.1, 0.15) is 37.2 Å². The maximum atomic E-state index is 12.3. The van der Waals surface area contributed by atoms with E-state index in [9.17, 15) is 28.2 Å². The molecule has 0 aromatic heterocycles. The van der Waals surface area contributed by atoms with E-state index in [-0.39, 0.29) is 9.49 Å². The van der Waals surface area contributed by atoms with Gasteiger partial charge in [0.05, 0.1) is 5.60 Å². The lowest BCUT2D eigenvalue weighted by atomic mass is 9.72. The lowest BCUT2D eigenvalue weighted by Gasteiger charge is -2.41. The molecule has 0 saturated heterocycles. The van der Waals surface area contributed by atoms with E-state index < -0.39 is 29.6 Å². The third-order valence-electron chi connectivity index (χ3n) is 4.00. The number of hydrogen-bond donors (Lipinski definition) is 2. The van der Waals surface area contributed by atoms with Crippen LogP contribution in [-0.2, 0) is 4.79 Å². The van der Waals surface area contributed by atoms with Gasteiger partial charge in [-0.2, -0.15) is 0 Å². The molecule has 1 saturated carbocycles. The van der Waals surface area contributed by atoms with Crippen molar-refractivity contribution in [1.29, 1.82) is 0 Å². The van der Waals surface area contributed by atoms with Crippen molar-refractivity contribution < 1.29 is 32.9 Å². The first kappa shape index (κ1) is 18.3. The largest absolute Gasteiger partial charge is 0.573 e. The Balaban J connectivity index is 2.38. The van der Waals surface area contributed by atoms with Gasteiger partial charge in [0.2, 0.25) is 0 Å². The Hall–Kier alpha value is -1.03. The molecule has 128 valence electrons. The van der Waals surface area contributed by atoms with E-state index in [4.69, 9.17) is 0 Å². The van der Waals surface area contributed by atoms with E-state index in [1.807, 2.05) is 22.6 Å². The maximum absolute atomic E-state index is 12.3. The Morgan fingerprint density at radius 2 is 2.09 bits per heavy atom. The molecule has 1 fully saturated rings. The molecular formula is C15H16F3IO4. The van der Waals surface area contributed by atoms with Crippen molar-refractivity contribution in [1.82, 2.24) is 0 Å². The monoisotopic (exact) mass is 444 g/mol. The van der Waals surface area contributed by atoms with Gasteiger partial charge < -0.3 is 14.9 Å².